The van der Waals surface area contributed by atoms with Gasteiger partial charge in [-0.15, -0.1) is 0 Å². The molecule has 19 heteroatoms. The van der Waals surface area contributed by atoms with Crippen molar-refractivity contribution < 1.29 is 52.9 Å². The number of amides is 5. The Kier molecular flexibility index (Phi) is 15.8. The molecule has 3 heterocycles. The summed E-state index contributed by atoms with van der Waals surface area (Å²) >= 11 is 0. The van der Waals surface area contributed by atoms with Crippen molar-refractivity contribution in [1.29, 1.82) is 0 Å². The van der Waals surface area contributed by atoms with Gasteiger partial charge in [-0.25, -0.2) is 11.3 Å². The number of aromatic nitrogens is 1. The molecule has 0 aliphatic carbocycles. The zero-order valence-electron chi connectivity index (χ0n) is 33.5. The number of ether oxygens (including phenoxy) is 5. The lowest BCUT2D eigenvalue weighted by atomic mass is 10.0. The van der Waals surface area contributed by atoms with Crippen molar-refractivity contribution in [3.8, 4) is 5.75 Å². The Morgan fingerprint density at radius 2 is 1.56 bits per heavy atom. The van der Waals surface area contributed by atoms with Crippen LogP contribution in [-0.2, 0) is 35.1 Å². The molecule has 1 atom stereocenters. The first kappa shape index (κ1) is 44.2. The summed E-state index contributed by atoms with van der Waals surface area (Å²) in [6.07, 6.45) is 3.59. The smallest absolute Gasteiger partial charge is 0.274 e. The van der Waals surface area contributed by atoms with Gasteiger partial charge in [-0.1, -0.05) is 24.3 Å². The van der Waals surface area contributed by atoms with E-state index in [4.69, 9.17) is 40.5 Å². The normalized spacial score (nSPS) is 15.3. The van der Waals surface area contributed by atoms with Gasteiger partial charge in [0.1, 0.15) is 18.4 Å². The van der Waals surface area contributed by atoms with E-state index in [2.05, 4.69) is 10.6 Å². The molecule has 0 saturated carbocycles. The molecule has 324 valence electrons. The molecule has 1 saturated heterocycles. The highest BCUT2D eigenvalue weighted by molar-refractivity contribution is 6.25. The fraction of sp³-hybridized carbons (Fsp3) is 0.357. The van der Waals surface area contributed by atoms with Crippen LogP contribution in [0.4, 0.5) is 5.69 Å². The van der Waals surface area contributed by atoms with Gasteiger partial charge in [-0.3, -0.25) is 39.4 Å². The monoisotopic (exact) mass is 842 g/mol. The van der Waals surface area contributed by atoms with Crippen molar-refractivity contribution in [2.75, 3.05) is 77.9 Å². The molecule has 0 radical (unpaired) electrons. The average molecular weight is 843 g/mol. The number of carbonyl (C=O) groups is 5. The van der Waals surface area contributed by atoms with Gasteiger partial charge in [0.2, 0.25) is 11.8 Å². The Morgan fingerprint density at radius 3 is 2.25 bits per heavy atom. The fourth-order valence-electron chi connectivity index (χ4n) is 6.75. The zero-order valence-corrected chi connectivity index (χ0v) is 33.5. The number of fused-ring (bicyclic) bond motifs is 2. The number of rotatable bonds is 24. The van der Waals surface area contributed by atoms with E-state index in [0.717, 1.165) is 27.1 Å². The lowest BCUT2D eigenvalue weighted by molar-refractivity contribution is -0.136. The van der Waals surface area contributed by atoms with Gasteiger partial charge in [0.05, 0.1) is 77.1 Å². The van der Waals surface area contributed by atoms with E-state index >= 15 is 0 Å². The second-order valence-corrected chi connectivity index (χ2v) is 14.1. The second-order valence-electron chi connectivity index (χ2n) is 14.1. The van der Waals surface area contributed by atoms with Gasteiger partial charge in [-0.05, 0) is 59.8 Å². The maximum absolute atomic E-state index is 13.3. The first-order valence-corrected chi connectivity index (χ1v) is 19.7. The Hall–Kier alpha value is -6.35. The van der Waals surface area contributed by atoms with Gasteiger partial charge >= 0.3 is 0 Å². The van der Waals surface area contributed by atoms with Crippen LogP contribution in [0.15, 0.2) is 84.8 Å². The summed E-state index contributed by atoms with van der Waals surface area (Å²) in [5.41, 5.74) is 11.2. The molecular weight excluding hydrogens is 793 g/mol. The Morgan fingerprint density at radius 1 is 0.869 bits per heavy atom. The van der Waals surface area contributed by atoms with Crippen LogP contribution in [-0.4, -0.2) is 128 Å². The van der Waals surface area contributed by atoms with Crippen LogP contribution in [0.25, 0.3) is 10.9 Å². The Balaban J connectivity index is 0.757. The quantitative estimate of drug-likeness (QED) is 0.0193. The molecule has 1 fully saturated rings. The predicted molar refractivity (Wildman–Crippen MR) is 220 cm³/mol. The van der Waals surface area contributed by atoms with E-state index in [1.807, 2.05) is 47.2 Å². The maximum atomic E-state index is 13.3. The van der Waals surface area contributed by atoms with Gasteiger partial charge in [0.25, 0.3) is 17.7 Å². The largest absolute Gasteiger partial charge is 0.491 e. The number of hydroxylamine groups is 1. The summed E-state index contributed by atoms with van der Waals surface area (Å²) in [4.78, 5) is 63.0. The number of hydrazine groups is 1. The molecule has 5 amide bonds. The number of nitrogens with one attached hydrogen (secondary N) is 3. The number of hydrogen-bond acceptors (Lipinski definition) is 15. The molecular formula is C42H50N8O11. The Labute approximate surface area is 351 Å². The van der Waals surface area contributed by atoms with Crippen molar-refractivity contribution in [2.24, 2.45) is 11.6 Å². The van der Waals surface area contributed by atoms with Crippen molar-refractivity contribution in [2.45, 2.75) is 25.4 Å². The number of imide groups is 2. The van der Waals surface area contributed by atoms with Crippen molar-refractivity contribution in [3.63, 3.8) is 0 Å². The van der Waals surface area contributed by atoms with E-state index in [1.165, 1.54) is 17.3 Å². The zero-order chi connectivity index (χ0) is 43.1. The first-order valence-electron chi connectivity index (χ1n) is 19.7. The Bertz CT molecular complexity index is 2210. The van der Waals surface area contributed by atoms with Crippen molar-refractivity contribution >= 4 is 46.1 Å². The first-order chi connectivity index (χ1) is 29.6. The minimum atomic E-state index is -1.06. The number of nitrogens with zero attached hydrogens (tertiary/aromatic N) is 3. The van der Waals surface area contributed by atoms with E-state index in [9.17, 15) is 24.0 Å². The van der Waals surface area contributed by atoms with Crippen LogP contribution in [0, 0.1) is 0 Å². The highest BCUT2D eigenvalue weighted by Crippen LogP contribution is 2.32. The summed E-state index contributed by atoms with van der Waals surface area (Å²) in [6, 6.07) is 18.7. The van der Waals surface area contributed by atoms with Gasteiger partial charge in [-0.2, -0.15) is 0 Å². The maximum Gasteiger partial charge on any atom is 0.274 e. The van der Waals surface area contributed by atoms with E-state index in [1.54, 1.807) is 29.7 Å². The van der Waals surface area contributed by atoms with Crippen molar-refractivity contribution in [1.82, 2.24) is 25.3 Å². The molecule has 8 N–H and O–H groups in total. The van der Waals surface area contributed by atoms with Gasteiger partial charge in [0, 0.05) is 47.8 Å². The highest BCUT2D eigenvalue weighted by atomic mass is 16.6. The molecule has 0 spiro atoms. The van der Waals surface area contributed by atoms with E-state index in [0.29, 0.717) is 89.5 Å². The summed E-state index contributed by atoms with van der Waals surface area (Å²) in [6.45, 7) is 4.59. The molecule has 2 aliphatic rings. The number of nitrogens with two attached hydrogens (primary N) is 2. The van der Waals surface area contributed by atoms with Crippen LogP contribution in [0.1, 0.15) is 49.5 Å². The molecule has 3 aromatic carbocycles. The van der Waals surface area contributed by atoms with Gasteiger partial charge < -0.3 is 44.3 Å². The molecule has 61 heavy (non-hydrogen) atoms. The lowest BCUT2D eigenvalue weighted by Gasteiger charge is -2.27. The number of piperidine rings is 1. The summed E-state index contributed by atoms with van der Waals surface area (Å²) in [5, 5.41) is 16.6. The molecule has 0 bridgehead atoms. The molecule has 19 nitrogen and oxygen atoms in total. The second kappa shape index (κ2) is 21.8. The summed E-state index contributed by atoms with van der Waals surface area (Å²) < 4.78 is 30.1. The minimum absolute atomic E-state index is 0.0363. The third-order valence-corrected chi connectivity index (χ3v) is 9.80. The minimum Gasteiger partial charge on any atom is -0.491 e. The van der Waals surface area contributed by atoms with Crippen LogP contribution in [0.2, 0.25) is 0 Å². The van der Waals surface area contributed by atoms with E-state index < -0.39 is 35.6 Å². The SMILES string of the molecule is N/C(=C\N(N)CCOCCOCCOCCOCCOc1ccc(Cn2ccc3ccc(C(=O)NO)cc32)cc1)CNc1cccc2c1C(=O)N(C1CCC(=O)NC1=O)C2=O. The lowest BCUT2D eigenvalue weighted by Crippen LogP contribution is -2.54. The highest BCUT2D eigenvalue weighted by Gasteiger charge is 2.45. The molecule has 6 rings (SSSR count). The number of anilines is 1. The van der Waals surface area contributed by atoms with Gasteiger partial charge in [0.15, 0.2) is 0 Å². The molecule has 1 aromatic heterocycles. The topological polar surface area (TPSA) is 251 Å². The standard InChI is InChI=1S/C42H50N8O11/c43-31(25-45-34-3-1-2-33-38(34)42(55)50(41(33)54)35-10-11-37(51)46-40(35)53)27-49(44)14-15-57-16-17-58-18-19-59-20-21-60-22-23-61-32-8-4-28(5-9-32)26-48-13-12-29-6-7-30(24-36(29)48)39(52)47-56/h1-9,12-13,24,27,35,45,56H,10-11,14-23,25-26,43-44H2,(H,47,52)(H,46,51,53)/b31-27-. The predicted octanol–water partition coefficient (Wildman–Crippen LogP) is 1.74. The van der Waals surface area contributed by atoms with Crippen LogP contribution in [0.5, 0.6) is 5.75 Å². The summed E-state index contributed by atoms with van der Waals surface area (Å²) in [5.74, 6) is 3.90. The third kappa shape index (κ3) is 11.9. The molecule has 4 aromatic rings. The van der Waals surface area contributed by atoms with Crippen molar-refractivity contribution in [3.05, 3.63) is 107 Å². The summed E-state index contributed by atoms with van der Waals surface area (Å²) in [7, 11) is 0. The fourth-order valence-corrected chi connectivity index (χ4v) is 6.75. The molecule has 1 unspecified atom stereocenters. The van der Waals surface area contributed by atoms with E-state index in [-0.39, 0.29) is 30.5 Å². The number of benzene rings is 3. The van der Waals surface area contributed by atoms with Crippen LogP contribution in [0.3, 0.4) is 0 Å². The van der Waals surface area contributed by atoms with Crippen LogP contribution >= 0.6 is 0 Å². The number of carbonyl (C=O) groups excluding carboxylic acids is 5. The average Bonchev–Trinajstić information content (AvgIpc) is 3.77. The number of hydrogen-bond donors (Lipinski definition) is 6. The molecule has 2 aliphatic heterocycles. The third-order valence-electron chi connectivity index (χ3n) is 9.80. The van der Waals surface area contributed by atoms with Crippen LogP contribution < -0.4 is 32.4 Å².